The summed E-state index contributed by atoms with van der Waals surface area (Å²) in [5, 5.41) is 6.57. The van der Waals surface area contributed by atoms with Gasteiger partial charge in [0.05, 0.1) is 0 Å². The van der Waals surface area contributed by atoms with Crippen molar-refractivity contribution in [2.75, 3.05) is 0 Å². The zero-order valence-corrected chi connectivity index (χ0v) is 11.6. The SMILES string of the molecule is C[Si-]1c2ccccc2[Si-](C)c2ccccc21. The highest BCUT2D eigenvalue weighted by molar-refractivity contribution is 7.01. The van der Waals surface area contributed by atoms with Crippen LogP contribution >= 0.6 is 0 Å². The van der Waals surface area contributed by atoms with Gasteiger partial charge >= 0.3 is 0 Å². The molecule has 0 fully saturated rings. The molecule has 0 aliphatic carbocycles. The van der Waals surface area contributed by atoms with Crippen LogP contribution < -0.4 is 20.7 Å². The van der Waals surface area contributed by atoms with Crippen LogP contribution in [0.5, 0.6) is 0 Å². The lowest BCUT2D eigenvalue weighted by Crippen LogP contribution is -2.66. The lowest BCUT2D eigenvalue weighted by Gasteiger charge is -2.49. The third-order valence-corrected chi connectivity index (χ3v) is 8.95. The molecule has 0 unspecified atom stereocenters. The predicted octanol–water partition coefficient (Wildman–Crippen LogP) is 0.478. The van der Waals surface area contributed by atoms with E-state index in [-0.39, 0.29) is 0 Å². The first-order chi connectivity index (χ1) is 7.79. The number of hydrogen-bond acceptors (Lipinski definition) is 0. The maximum Gasteiger partial charge on any atom is -0.0651 e. The maximum atomic E-state index is 2.43. The Labute approximate surface area is 100 Å². The van der Waals surface area contributed by atoms with E-state index >= 15 is 0 Å². The molecular weight excluding hydrogens is 224 g/mol. The van der Waals surface area contributed by atoms with Crippen LogP contribution in [-0.4, -0.2) is 17.6 Å². The molecule has 0 radical (unpaired) electrons. The van der Waals surface area contributed by atoms with Crippen LogP contribution in [0.4, 0.5) is 0 Å². The summed E-state index contributed by atoms with van der Waals surface area (Å²) in [5.74, 6) is 0. The van der Waals surface area contributed by atoms with Gasteiger partial charge in [-0.25, -0.2) is 20.7 Å². The molecule has 0 spiro atoms. The summed E-state index contributed by atoms with van der Waals surface area (Å²) in [6.45, 7) is 4.85. The normalized spacial score (nSPS) is 13.4. The van der Waals surface area contributed by atoms with Gasteiger partial charge in [-0.05, 0) is 0 Å². The fourth-order valence-electron chi connectivity index (χ4n) is 2.56. The quantitative estimate of drug-likeness (QED) is 0.586. The molecule has 0 saturated carbocycles. The minimum Gasteiger partial charge on any atom is -0.262 e. The number of fused-ring (bicyclic) bond motifs is 2. The Morgan fingerprint density at radius 1 is 0.562 bits per heavy atom. The van der Waals surface area contributed by atoms with Crippen LogP contribution in [0.15, 0.2) is 48.5 Å². The second-order valence-electron chi connectivity index (χ2n) is 4.34. The topological polar surface area (TPSA) is 0 Å². The van der Waals surface area contributed by atoms with Crippen LogP contribution in [0.2, 0.25) is 13.1 Å². The first-order valence-corrected chi connectivity index (χ1v) is 9.65. The third-order valence-electron chi connectivity index (χ3n) is 3.47. The van der Waals surface area contributed by atoms with E-state index in [1.807, 2.05) is 0 Å². The van der Waals surface area contributed by atoms with Gasteiger partial charge in [-0.1, -0.05) is 48.5 Å². The molecule has 0 bridgehead atoms. The van der Waals surface area contributed by atoms with Crippen molar-refractivity contribution in [3.63, 3.8) is 0 Å². The van der Waals surface area contributed by atoms with Gasteiger partial charge in [-0.15, -0.1) is 0 Å². The van der Waals surface area contributed by atoms with Gasteiger partial charge in [-0.3, -0.25) is 17.6 Å². The van der Waals surface area contributed by atoms with Crippen molar-refractivity contribution < 1.29 is 0 Å². The second-order valence-corrected chi connectivity index (χ2v) is 9.00. The summed E-state index contributed by atoms with van der Waals surface area (Å²) in [7, 11) is -1.03. The van der Waals surface area contributed by atoms with Gasteiger partial charge in [0, 0.05) is 0 Å². The van der Waals surface area contributed by atoms with E-state index in [0.29, 0.717) is 0 Å². The lowest BCUT2D eigenvalue weighted by molar-refractivity contribution is 1.73. The fourth-order valence-corrected chi connectivity index (χ4v) is 8.73. The molecule has 0 saturated heterocycles. The molecule has 2 heteroatoms. The van der Waals surface area contributed by atoms with Gasteiger partial charge in [0.2, 0.25) is 0 Å². The number of rotatable bonds is 0. The van der Waals surface area contributed by atoms with E-state index in [1.54, 1.807) is 20.7 Å². The Bertz CT molecular complexity index is 438. The van der Waals surface area contributed by atoms with Gasteiger partial charge in [0.15, 0.2) is 0 Å². The molecule has 1 aliphatic heterocycles. The van der Waals surface area contributed by atoms with E-state index in [2.05, 4.69) is 61.6 Å². The van der Waals surface area contributed by atoms with Gasteiger partial charge in [0.1, 0.15) is 0 Å². The molecule has 80 valence electrons. The van der Waals surface area contributed by atoms with Crippen LogP contribution in [0.25, 0.3) is 0 Å². The molecule has 16 heavy (non-hydrogen) atoms. The van der Waals surface area contributed by atoms with Gasteiger partial charge < -0.3 is 0 Å². The molecular formula is C14H14Si2-2. The minimum atomic E-state index is -0.514. The van der Waals surface area contributed by atoms with Crippen LogP contribution in [0, 0.1) is 0 Å². The average Bonchev–Trinajstić information content (AvgIpc) is 2.36. The summed E-state index contributed by atoms with van der Waals surface area (Å²) in [6.07, 6.45) is 0. The highest BCUT2D eigenvalue weighted by Gasteiger charge is 2.07. The average molecular weight is 238 g/mol. The molecule has 1 heterocycles. The minimum absolute atomic E-state index is 0.514. The van der Waals surface area contributed by atoms with Crippen LogP contribution in [0.3, 0.4) is 0 Å². The molecule has 1 aliphatic rings. The van der Waals surface area contributed by atoms with Crippen molar-refractivity contribution in [3.8, 4) is 0 Å². The standard InChI is InChI=1S/C14H14Si2/c1-15-11-7-3-5-9-13(11)16(2)14-10-6-4-8-12(14)15/h3-10H,1-2H3/q-2. The van der Waals surface area contributed by atoms with E-state index in [0.717, 1.165) is 0 Å². The van der Waals surface area contributed by atoms with Gasteiger partial charge in [-0.2, -0.15) is 13.1 Å². The molecule has 0 aromatic heterocycles. The lowest BCUT2D eigenvalue weighted by atomic mass is 10.3. The summed E-state index contributed by atoms with van der Waals surface area (Å²) < 4.78 is 0. The van der Waals surface area contributed by atoms with Gasteiger partial charge in [0.25, 0.3) is 0 Å². The summed E-state index contributed by atoms with van der Waals surface area (Å²) >= 11 is 0. The Hall–Kier alpha value is -1.13. The number of hydrogen-bond donors (Lipinski definition) is 0. The molecule has 2 aromatic carbocycles. The molecule has 0 atom stereocenters. The third kappa shape index (κ3) is 1.33. The smallest absolute Gasteiger partial charge is 0.0651 e. The predicted molar refractivity (Wildman–Crippen MR) is 74.7 cm³/mol. The monoisotopic (exact) mass is 238 g/mol. The first-order valence-electron chi connectivity index (χ1n) is 5.65. The summed E-state index contributed by atoms with van der Waals surface area (Å²) in [4.78, 5) is 0. The number of benzene rings is 2. The second kappa shape index (κ2) is 3.72. The van der Waals surface area contributed by atoms with Crippen LogP contribution in [-0.2, 0) is 0 Å². The highest BCUT2D eigenvalue weighted by Crippen LogP contribution is 1.98. The van der Waals surface area contributed by atoms with Crippen molar-refractivity contribution in [1.29, 1.82) is 0 Å². The molecule has 2 aromatic rings. The Kier molecular flexibility index (Phi) is 2.34. The van der Waals surface area contributed by atoms with E-state index in [9.17, 15) is 0 Å². The highest BCUT2D eigenvalue weighted by atomic mass is 28.3. The van der Waals surface area contributed by atoms with Crippen LogP contribution in [0.1, 0.15) is 0 Å². The summed E-state index contributed by atoms with van der Waals surface area (Å²) in [5.41, 5.74) is 0. The zero-order valence-electron chi connectivity index (χ0n) is 9.62. The van der Waals surface area contributed by atoms with Crippen molar-refractivity contribution in [2.24, 2.45) is 0 Å². The molecule has 0 N–H and O–H groups in total. The fraction of sp³-hybridized carbons (Fsp3) is 0.143. The van der Waals surface area contributed by atoms with E-state index < -0.39 is 17.6 Å². The van der Waals surface area contributed by atoms with E-state index in [1.165, 1.54) is 0 Å². The maximum absolute atomic E-state index is 2.43. The summed E-state index contributed by atoms with van der Waals surface area (Å²) in [6, 6.07) is 18.1. The van der Waals surface area contributed by atoms with Crippen molar-refractivity contribution in [2.45, 2.75) is 13.1 Å². The zero-order chi connectivity index (χ0) is 11.1. The van der Waals surface area contributed by atoms with E-state index in [4.69, 9.17) is 0 Å². The Morgan fingerprint density at radius 2 is 0.812 bits per heavy atom. The first kappa shape index (κ1) is 10.1. The van der Waals surface area contributed by atoms with Crippen molar-refractivity contribution >= 4 is 38.3 Å². The molecule has 0 amide bonds. The largest absolute Gasteiger partial charge is 0.262 e. The van der Waals surface area contributed by atoms with Crippen molar-refractivity contribution in [3.05, 3.63) is 48.5 Å². The Balaban J connectivity index is 2.26. The molecule has 3 rings (SSSR count). The molecule has 0 nitrogen and oxygen atoms in total. The van der Waals surface area contributed by atoms with Crippen molar-refractivity contribution in [1.82, 2.24) is 0 Å². The Morgan fingerprint density at radius 3 is 1.06 bits per heavy atom.